The Labute approximate surface area is 87.4 Å². The molecule has 2 heteroatoms. The molecule has 2 fully saturated rings. The van der Waals surface area contributed by atoms with Crippen molar-refractivity contribution in [2.75, 3.05) is 19.8 Å². The normalized spacial score (nSPS) is 26.1. The summed E-state index contributed by atoms with van der Waals surface area (Å²) in [4.78, 5) is 0. The summed E-state index contributed by atoms with van der Waals surface area (Å²) in [6, 6.07) is 0.520. The summed E-state index contributed by atoms with van der Waals surface area (Å²) in [5.41, 5.74) is 0.723. The molecule has 2 aliphatic carbocycles. The smallest absolute Gasteiger partial charge is 0.0616 e. The molecule has 0 aromatic carbocycles. The minimum absolute atomic E-state index is 0.520. The summed E-state index contributed by atoms with van der Waals surface area (Å²) in [6.45, 7) is 7.20. The van der Waals surface area contributed by atoms with Crippen LogP contribution in [0.3, 0.4) is 0 Å². The molecule has 1 unspecified atom stereocenters. The fraction of sp³-hybridized carbons (Fsp3) is 1.00. The van der Waals surface area contributed by atoms with Crippen molar-refractivity contribution in [1.82, 2.24) is 5.32 Å². The largest absolute Gasteiger partial charge is 0.380 e. The predicted molar refractivity (Wildman–Crippen MR) is 58.3 cm³/mol. The van der Waals surface area contributed by atoms with E-state index in [1.165, 1.54) is 32.2 Å². The van der Waals surface area contributed by atoms with E-state index in [1.807, 2.05) is 0 Å². The fourth-order valence-electron chi connectivity index (χ4n) is 2.32. The SMILES string of the molecule is CCOCC(C)NCC1(C2CC2)CC1. The summed E-state index contributed by atoms with van der Waals surface area (Å²) >= 11 is 0. The van der Waals surface area contributed by atoms with E-state index in [1.54, 1.807) is 0 Å². The maximum Gasteiger partial charge on any atom is 0.0616 e. The van der Waals surface area contributed by atoms with Gasteiger partial charge in [-0.2, -0.15) is 0 Å². The van der Waals surface area contributed by atoms with Crippen molar-refractivity contribution >= 4 is 0 Å². The van der Waals surface area contributed by atoms with Gasteiger partial charge < -0.3 is 10.1 Å². The summed E-state index contributed by atoms with van der Waals surface area (Å²) < 4.78 is 5.39. The van der Waals surface area contributed by atoms with Gasteiger partial charge in [-0.1, -0.05) is 0 Å². The number of rotatable bonds is 7. The molecule has 82 valence electrons. The first-order valence-electron chi connectivity index (χ1n) is 6.08. The minimum Gasteiger partial charge on any atom is -0.380 e. The van der Waals surface area contributed by atoms with E-state index in [0.29, 0.717) is 6.04 Å². The Morgan fingerprint density at radius 2 is 2.14 bits per heavy atom. The third-order valence-corrected chi connectivity index (χ3v) is 3.71. The van der Waals surface area contributed by atoms with Gasteiger partial charge in [0.15, 0.2) is 0 Å². The Hall–Kier alpha value is -0.0800. The van der Waals surface area contributed by atoms with Gasteiger partial charge in [-0.25, -0.2) is 0 Å². The van der Waals surface area contributed by atoms with Crippen molar-refractivity contribution in [1.29, 1.82) is 0 Å². The van der Waals surface area contributed by atoms with Crippen LogP contribution in [0.5, 0.6) is 0 Å². The molecule has 2 rings (SSSR count). The Kier molecular flexibility index (Phi) is 3.13. The quantitative estimate of drug-likeness (QED) is 0.675. The molecule has 1 atom stereocenters. The van der Waals surface area contributed by atoms with Gasteiger partial charge in [-0.3, -0.25) is 0 Å². The second kappa shape index (κ2) is 4.19. The van der Waals surface area contributed by atoms with E-state index in [2.05, 4.69) is 19.2 Å². The van der Waals surface area contributed by atoms with Crippen molar-refractivity contribution in [2.24, 2.45) is 11.3 Å². The van der Waals surface area contributed by atoms with Crippen LogP contribution >= 0.6 is 0 Å². The molecule has 0 heterocycles. The molecule has 14 heavy (non-hydrogen) atoms. The van der Waals surface area contributed by atoms with Crippen LogP contribution in [-0.4, -0.2) is 25.8 Å². The van der Waals surface area contributed by atoms with Gasteiger partial charge in [0.2, 0.25) is 0 Å². The van der Waals surface area contributed by atoms with Gasteiger partial charge in [-0.05, 0) is 50.9 Å². The molecule has 0 saturated heterocycles. The summed E-state index contributed by atoms with van der Waals surface area (Å²) in [6.07, 6.45) is 5.90. The molecule has 0 radical (unpaired) electrons. The van der Waals surface area contributed by atoms with Crippen molar-refractivity contribution in [3.63, 3.8) is 0 Å². The highest BCUT2D eigenvalue weighted by atomic mass is 16.5. The second-order valence-corrected chi connectivity index (χ2v) is 5.08. The molecule has 0 aromatic rings. The van der Waals surface area contributed by atoms with Crippen LogP contribution in [0.15, 0.2) is 0 Å². The van der Waals surface area contributed by atoms with Gasteiger partial charge in [0.1, 0.15) is 0 Å². The zero-order valence-corrected chi connectivity index (χ0v) is 9.51. The Morgan fingerprint density at radius 3 is 2.64 bits per heavy atom. The van der Waals surface area contributed by atoms with Crippen LogP contribution in [-0.2, 0) is 4.74 Å². The van der Waals surface area contributed by atoms with Crippen LogP contribution in [0, 0.1) is 11.3 Å². The Morgan fingerprint density at radius 1 is 1.43 bits per heavy atom. The maximum absolute atomic E-state index is 5.39. The van der Waals surface area contributed by atoms with Crippen LogP contribution in [0.1, 0.15) is 39.5 Å². The number of ether oxygens (including phenoxy) is 1. The summed E-state index contributed by atoms with van der Waals surface area (Å²) in [5, 5.41) is 3.62. The maximum atomic E-state index is 5.39. The van der Waals surface area contributed by atoms with Gasteiger partial charge in [-0.15, -0.1) is 0 Å². The Balaban J connectivity index is 1.61. The molecule has 0 amide bonds. The van der Waals surface area contributed by atoms with Gasteiger partial charge in [0.25, 0.3) is 0 Å². The fourth-order valence-corrected chi connectivity index (χ4v) is 2.32. The standard InChI is InChI=1S/C12H23NO/c1-3-14-8-10(2)13-9-12(6-7-12)11-4-5-11/h10-11,13H,3-9H2,1-2H3. The van der Waals surface area contributed by atoms with Crippen molar-refractivity contribution in [3.05, 3.63) is 0 Å². The van der Waals surface area contributed by atoms with Crippen molar-refractivity contribution < 1.29 is 4.74 Å². The highest BCUT2D eigenvalue weighted by Crippen LogP contribution is 2.60. The third-order valence-electron chi connectivity index (χ3n) is 3.71. The van der Waals surface area contributed by atoms with E-state index in [-0.39, 0.29) is 0 Å². The zero-order chi connectivity index (χ0) is 10.0. The lowest BCUT2D eigenvalue weighted by Gasteiger charge is -2.19. The van der Waals surface area contributed by atoms with Gasteiger partial charge in [0, 0.05) is 19.2 Å². The number of nitrogens with one attached hydrogen (secondary N) is 1. The first kappa shape index (κ1) is 10.4. The van der Waals surface area contributed by atoms with Crippen molar-refractivity contribution in [2.45, 2.75) is 45.6 Å². The average Bonchev–Trinajstić information content (AvgIpc) is 3.03. The van der Waals surface area contributed by atoms with Gasteiger partial charge >= 0.3 is 0 Å². The molecule has 0 bridgehead atoms. The molecule has 2 aliphatic rings. The van der Waals surface area contributed by atoms with Crippen LogP contribution in [0.4, 0.5) is 0 Å². The predicted octanol–water partition coefficient (Wildman–Crippen LogP) is 2.19. The van der Waals surface area contributed by atoms with Crippen LogP contribution < -0.4 is 5.32 Å². The van der Waals surface area contributed by atoms with Crippen LogP contribution in [0.25, 0.3) is 0 Å². The van der Waals surface area contributed by atoms with E-state index in [9.17, 15) is 0 Å². The summed E-state index contributed by atoms with van der Waals surface area (Å²) in [7, 11) is 0. The van der Waals surface area contributed by atoms with E-state index >= 15 is 0 Å². The number of hydrogen-bond donors (Lipinski definition) is 1. The molecule has 2 saturated carbocycles. The molecule has 0 spiro atoms. The summed E-state index contributed by atoms with van der Waals surface area (Å²) in [5.74, 6) is 1.06. The first-order chi connectivity index (χ1) is 6.77. The molecule has 0 aliphatic heterocycles. The average molecular weight is 197 g/mol. The highest BCUT2D eigenvalue weighted by Gasteiger charge is 2.53. The van der Waals surface area contributed by atoms with Crippen molar-refractivity contribution in [3.8, 4) is 0 Å². The topological polar surface area (TPSA) is 21.3 Å². The van der Waals surface area contributed by atoms with E-state index < -0.39 is 0 Å². The highest BCUT2D eigenvalue weighted by molar-refractivity contribution is 5.05. The molecule has 1 N–H and O–H groups in total. The second-order valence-electron chi connectivity index (χ2n) is 5.08. The molecular weight excluding hydrogens is 174 g/mol. The Bertz CT molecular complexity index is 185. The number of hydrogen-bond acceptors (Lipinski definition) is 2. The molecular formula is C12H23NO. The third kappa shape index (κ3) is 2.48. The van der Waals surface area contributed by atoms with E-state index in [4.69, 9.17) is 4.74 Å². The lowest BCUT2D eigenvalue weighted by molar-refractivity contribution is 0.125. The van der Waals surface area contributed by atoms with Crippen LogP contribution in [0.2, 0.25) is 0 Å². The van der Waals surface area contributed by atoms with Gasteiger partial charge in [0.05, 0.1) is 6.61 Å². The van der Waals surface area contributed by atoms with E-state index in [0.717, 1.165) is 24.5 Å². The lowest BCUT2D eigenvalue weighted by Crippen LogP contribution is -2.35. The first-order valence-corrected chi connectivity index (χ1v) is 6.08. The molecule has 0 aromatic heterocycles. The molecule has 2 nitrogen and oxygen atoms in total. The monoisotopic (exact) mass is 197 g/mol. The zero-order valence-electron chi connectivity index (χ0n) is 9.51. The minimum atomic E-state index is 0.520. The lowest BCUT2D eigenvalue weighted by atomic mass is 10.0.